The molecule has 0 heteroatoms. The van der Waals surface area contributed by atoms with E-state index in [9.17, 15) is 0 Å². The number of benzene rings is 2. The van der Waals surface area contributed by atoms with Gasteiger partial charge in [0, 0.05) is 0 Å². The fourth-order valence-corrected chi connectivity index (χ4v) is 4.11. The highest BCUT2D eigenvalue weighted by atomic mass is 14.3. The van der Waals surface area contributed by atoms with Crippen molar-refractivity contribution in [1.82, 2.24) is 0 Å². The normalized spacial score (nSPS) is 15.8. The van der Waals surface area contributed by atoms with Crippen LogP contribution in [0.25, 0.3) is 11.1 Å². The molecule has 0 spiro atoms. The molecule has 0 bridgehead atoms. The van der Waals surface area contributed by atoms with Gasteiger partial charge in [-0.2, -0.15) is 0 Å². The van der Waals surface area contributed by atoms with Crippen molar-refractivity contribution in [1.29, 1.82) is 0 Å². The highest BCUT2D eigenvalue weighted by Crippen LogP contribution is 2.44. The number of rotatable bonds is 0. The molecule has 2 aliphatic carbocycles. The molecule has 21 heavy (non-hydrogen) atoms. The first kappa shape index (κ1) is 13.1. The summed E-state index contributed by atoms with van der Waals surface area (Å²) < 4.78 is 0. The molecule has 4 rings (SSSR count). The fraction of sp³-hybridized carbons (Fsp3) is 0.429. The Labute approximate surface area is 128 Å². The van der Waals surface area contributed by atoms with Crippen LogP contribution in [0.1, 0.15) is 54.2 Å². The third kappa shape index (κ3) is 1.96. The zero-order chi connectivity index (χ0) is 14.8. The third-order valence-electron chi connectivity index (χ3n) is 5.19. The van der Waals surface area contributed by atoms with Crippen LogP contribution in [0, 0.1) is 6.92 Å². The van der Waals surface area contributed by atoms with Crippen molar-refractivity contribution in [2.75, 3.05) is 0 Å². The Balaban J connectivity index is 2.01. The molecule has 0 unspecified atom stereocenters. The van der Waals surface area contributed by atoms with Crippen LogP contribution in [0.2, 0.25) is 0 Å². The summed E-state index contributed by atoms with van der Waals surface area (Å²) >= 11 is 0. The number of hydrogen-bond donors (Lipinski definition) is 0. The zero-order valence-corrected chi connectivity index (χ0v) is 13.6. The molecule has 2 aliphatic rings. The van der Waals surface area contributed by atoms with E-state index in [1.54, 1.807) is 33.4 Å². The molecular weight excluding hydrogens is 252 g/mol. The Kier molecular flexibility index (Phi) is 2.64. The quantitative estimate of drug-likeness (QED) is 0.623. The van der Waals surface area contributed by atoms with Gasteiger partial charge in [-0.15, -0.1) is 0 Å². The molecule has 0 amide bonds. The van der Waals surface area contributed by atoms with Gasteiger partial charge in [-0.25, -0.2) is 0 Å². The van der Waals surface area contributed by atoms with E-state index in [-0.39, 0.29) is 5.41 Å². The van der Waals surface area contributed by atoms with E-state index in [0.29, 0.717) is 0 Å². The molecule has 0 fully saturated rings. The van der Waals surface area contributed by atoms with Crippen molar-refractivity contribution in [2.24, 2.45) is 0 Å². The van der Waals surface area contributed by atoms with Gasteiger partial charge in [0.1, 0.15) is 0 Å². The van der Waals surface area contributed by atoms with Gasteiger partial charge in [0.15, 0.2) is 0 Å². The Morgan fingerprint density at radius 3 is 1.43 bits per heavy atom. The summed E-state index contributed by atoms with van der Waals surface area (Å²) in [4.78, 5) is 0. The predicted octanol–water partition coefficient (Wildman–Crippen LogP) is 5.16. The van der Waals surface area contributed by atoms with Crippen LogP contribution in [0.5, 0.6) is 0 Å². The summed E-state index contributed by atoms with van der Waals surface area (Å²) in [6.45, 7) is 9.23. The van der Waals surface area contributed by atoms with Gasteiger partial charge in [0.2, 0.25) is 0 Å². The minimum absolute atomic E-state index is 0.249. The number of hydrogen-bond acceptors (Lipinski definition) is 0. The summed E-state index contributed by atoms with van der Waals surface area (Å²) in [7, 11) is 0. The van der Waals surface area contributed by atoms with Gasteiger partial charge in [0.05, 0.1) is 0 Å². The summed E-state index contributed by atoms with van der Waals surface area (Å²) in [5.74, 6) is 0. The Bertz CT molecular complexity index is 691. The second-order valence-electron chi connectivity index (χ2n) is 7.88. The molecule has 0 saturated heterocycles. The van der Waals surface area contributed by atoms with Crippen LogP contribution in [0.3, 0.4) is 0 Å². The van der Waals surface area contributed by atoms with E-state index in [1.165, 1.54) is 36.8 Å². The minimum atomic E-state index is 0.249. The Hall–Kier alpha value is -1.56. The molecule has 0 atom stereocenters. The molecule has 0 aromatic heterocycles. The van der Waals surface area contributed by atoms with E-state index >= 15 is 0 Å². The fourth-order valence-electron chi connectivity index (χ4n) is 4.11. The van der Waals surface area contributed by atoms with Crippen molar-refractivity contribution >= 4 is 0 Å². The van der Waals surface area contributed by atoms with Gasteiger partial charge in [-0.05, 0) is 77.0 Å². The van der Waals surface area contributed by atoms with Gasteiger partial charge >= 0.3 is 0 Å². The lowest BCUT2D eigenvalue weighted by Crippen LogP contribution is -2.18. The highest BCUT2D eigenvalue weighted by molar-refractivity contribution is 5.81. The van der Waals surface area contributed by atoms with E-state index in [0.717, 1.165) is 0 Å². The highest BCUT2D eigenvalue weighted by Gasteiger charge is 2.27. The van der Waals surface area contributed by atoms with Crippen molar-refractivity contribution in [3.63, 3.8) is 0 Å². The molecular formula is C21H24. The first-order valence-electron chi connectivity index (χ1n) is 8.22. The zero-order valence-electron chi connectivity index (χ0n) is 13.6. The maximum atomic E-state index is 2.48. The van der Waals surface area contributed by atoms with Crippen LogP contribution in [-0.4, -0.2) is 0 Å². The molecule has 2 aromatic rings. The molecule has 0 nitrogen and oxygen atoms in total. The van der Waals surface area contributed by atoms with Gasteiger partial charge in [0.25, 0.3) is 0 Å². The van der Waals surface area contributed by atoms with Crippen molar-refractivity contribution in [3.8, 4) is 11.1 Å². The van der Waals surface area contributed by atoms with E-state index in [2.05, 4.69) is 52.0 Å². The van der Waals surface area contributed by atoms with E-state index in [1.807, 2.05) is 0 Å². The molecule has 0 N–H and O–H groups in total. The molecule has 2 aromatic carbocycles. The second kappa shape index (κ2) is 4.22. The lowest BCUT2D eigenvalue weighted by atomic mass is 9.72. The van der Waals surface area contributed by atoms with Crippen molar-refractivity contribution in [3.05, 3.63) is 57.6 Å². The third-order valence-corrected chi connectivity index (χ3v) is 5.19. The molecule has 0 radical (unpaired) electrons. The van der Waals surface area contributed by atoms with E-state index in [4.69, 9.17) is 0 Å². The van der Waals surface area contributed by atoms with Crippen molar-refractivity contribution in [2.45, 2.75) is 58.8 Å². The molecule has 0 heterocycles. The predicted molar refractivity (Wildman–Crippen MR) is 90.1 cm³/mol. The smallest absolute Gasteiger partial charge is 0.0114 e. The second-order valence-corrected chi connectivity index (χ2v) is 7.88. The summed E-state index contributed by atoms with van der Waals surface area (Å²) in [5, 5.41) is 0. The van der Waals surface area contributed by atoms with Crippen LogP contribution in [0.4, 0.5) is 0 Å². The van der Waals surface area contributed by atoms with Gasteiger partial charge in [-0.3, -0.25) is 0 Å². The van der Waals surface area contributed by atoms with Gasteiger partial charge in [-0.1, -0.05) is 50.6 Å². The van der Waals surface area contributed by atoms with Gasteiger partial charge < -0.3 is 0 Å². The average Bonchev–Trinajstić information content (AvgIpc) is 2.42. The standard InChI is InChI=1S/C21H24/c1-13-9-14-5-7-16-11-18(21(2,3)4)12-17-8-6-15(10-13)19(14)20(16)17/h9-12H,5-8H2,1-4H3. The monoisotopic (exact) mass is 276 g/mol. The lowest BCUT2D eigenvalue weighted by Gasteiger charge is -2.32. The lowest BCUT2D eigenvalue weighted by molar-refractivity contribution is 0.587. The van der Waals surface area contributed by atoms with Crippen LogP contribution in [0.15, 0.2) is 24.3 Å². The largest absolute Gasteiger partial charge is 0.0561 e. The van der Waals surface area contributed by atoms with Crippen LogP contribution >= 0.6 is 0 Å². The first-order chi connectivity index (χ1) is 9.93. The first-order valence-corrected chi connectivity index (χ1v) is 8.22. The Morgan fingerprint density at radius 1 is 0.667 bits per heavy atom. The molecule has 0 saturated carbocycles. The van der Waals surface area contributed by atoms with Crippen LogP contribution < -0.4 is 0 Å². The van der Waals surface area contributed by atoms with E-state index < -0.39 is 0 Å². The molecule has 0 aliphatic heterocycles. The summed E-state index contributed by atoms with van der Waals surface area (Å²) in [6, 6.07) is 9.79. The SMILES string of the molecule is Cc1cc2c3c(c1)CCc1cc(C(C)(C)C)cc(c1-3)CC2. The van der Waals surface area contributed by atoms with Crippen LogP contribution in [-0.2, 0) is 31.1 Å². The minimum Gasteiger partial charge on any atom is -0.0561 e. The maximum absolute atomic E-state index is 2.48. The van der Waals surface area contributed by atoms with Crippen molar-refractivity contribution < 1.29 is 0 Å². The topological polar surface area (TPSA) is 0 Å². The maximum Gasteiger partial charge on any atom is -0.0114 e. The summed E-state index contributed by atoms with van der Waals surface area (Å²) in [5.41, 5.74) is 12.7. The Morgan fingerprint density at radius 2 is 1.05 bits per heavy atom. The summed E-state index contributed by atoms with van der Waals surface area (Å²) in [6.07, 6.45) is 4.85. The average molecular weight is 276 g/mol. The number of aryl methyl sites for hydroxylation is 5. The molecule has 108 valence electrons.